The molecule has 2 aliphatic heterocycles. The Morgan fingerprint density at radius 3 is 2.13 bits per heavy atom. The summed E-state index contributed by atoms with van der Waals surface area (Å²) >= 11 is 0. The predicted molar refractivity (Wildman–Crippen MR) is 109 cm³/mol. The minimum absolute atomic E-state index is 0.0168. The van der Waals surface area contributed by atoms with Gasteiger partial charge in [-0.15, -0.1) is 0 Å². The highest BCUT2D eigenvalue weighted by atomic mass is 19.4. The fourth-order valence-corrected chi connectivity index (χ4v) is 4.26. The zero-order chi connectivity index (χ0) is 21.1. The molecule has 0 spiro atoms. The molecular formula is C22H25F3N4O. The van der Waals surface area contributed by atoms with Crippen molar-refractivity contribution in [3.63, 3.8) is 0 Å². The molecule has 0 aliphatic carbocycles. The van der Waals surface area contributed by atoms with Crippen LogP contribution in [0.25, 0.3) is 0 Å². The van der Waals surface area contributed by atoms with Crippen molar-refractivity contribution in [1.82, 2.24) is 9.88 Å². The molecule has 0 unspecified atom stereocenters. The summed E-state index contributed by atoms with van der Waals surface area (Å²) in [5, 5.41) is 0. The molecule has 0 radical (unpaired) electrons. The van der Waals surface area contributed by atoms with Crippen LogP contribution in [-0.4, -0.2) is 55.1 Å². The van der Waals surface area contributed by atoms with Crippen LogP contribution in [0, 0.1) is 5.92 Å². The van der Waals surface area contributed by atoms with Crippen molar-refractivity contribution in [1.29, 1.82) is 0 Å². The second-order valence-electron chi connectivity index (χ2n) is 7.83. The zero-order valence-corrected chi connectivity index (χ0v) is 16.7. The van der Waals surface area contributed by atoms with Crippen molar-refractivity contribution in [2.75, 3.05) is 49.1 Å². The van der Waals surface area contributed by atoms with Gasteiger partial charge in [0.05, 0.1) is 5.56 Å². The van der Waals surface area contributed by atoms with Gasteiger partial charge in [-0.05, 0) is 43.2 Å². The Morgan fingerprint density at radius 2 is 1.50 bits per heavy atom. The number of piperazine rings is 1. The van der Waals surface area contributed by atoms with Crippen LogP contribution >= 0.6 is 0 Å². The summed E-state index contributed by atoms with van der Waals surface area (Å²) in [6.45, 7) is 3.85. The van der Waals surface area contributed by atoms with E-state index >= 15 is 0 Å². The maximum atomic E-state index is 13.0. The molecule has 1 aromatic heterocycles. The Hall–Kier alpha value is -2.77. The van der Waals surface area contributed by atoms with Gasteiger partial charge in [0, 0.05) is 69.0 Å². The van der Waals surface area contributed by atoms with E-state index in [-0.39, 0.29) is 11.8 Å². The topological polar surface area (TPSA) is 39.7 Å². The Kier molecular flexibility index (Phi) is 5.83. The normalized spacial score (nSPS) is 18.6. The quantitative estimate of drug-likeness (QED) is 0.763. The second-order valence-corrected chi connectivity index (χ2v) is 7.83. The molecule has 0 bridgehead atoms. The van der Waals surface area contributed by atoms with E-state index in [4.69, 9.17) is 0 Å². The van der Waals surface area contributed by atoms with Crippen LogP contribution in [0.3, 0.4) is 0 Å². The summed E-state index contributed by atoms with van der Waals surface area (Å²) in [4.78, 5) is 23.1. The van der Waals surface area contributed by atoms with E-state index in [0.717, 1.165) is 37.7 Å². The first-order valence-corrected chi connectivity index (χ1v) is 10.3. The van der Waals surface area contributed by atoms with Gasteiger partial charge in [-0.1, -0.05) is 6.07 Å². The van der Waals surface area contributed by atoms with Crippen molar-refractivity contribution in [2.45, 2.75) is 19.0 Å². The van der Waals surface area contributed by atoms with E-state index in [1.807, 2.05) is 21.9 Å². The molecule has 8 heteroatoms. The Balaban J connectivity index is 1.30. The molecule has 2 aliphatic rings. The molecule has 5 nitrogen and oxygen atoms in total. The van der Waals surface area contributed by atoms with E-state index in [0.29, 0.717) is 31.9 Å². The average Bonchev–Trinajstić information content (AvgIpc) is 2.79. The second kappa shape index (κ2) is 8.53. The van der Waals surface area contributed by atoms with Crippen LogP contribution in [-0.2, 0) is 11.0 Å². The summed E-state index contributed by atoms with van der Waals surface area (Å²) < 4.78 is 38.9. The van der Waals surface area contributed by atoms with Crippen LogP contribution in [0.15, 0.2) is 48.8 Å². The largest absolute Gasteiger partial charge is 0.416 e. The lowest BCUT2D eigenvalue weighted by Crippen LogP contribution is -2.51. The molecule has 1 amide bonds. The standard InChI is InChI=1S/C22H25F3N4O/c23-22(24,25)18-2-1-3-20(16-18)28-12-14-29(15-13-28)21(30)17-6-10-27(11-7-17)19-4-8-26-9-5-19/h1-5,8-9,16-17H,6-7,10-15H2. The summed E-state index contributed by atoms with van der Waals surface area (Å²) in [5.74, 6) is 0.191. The van der Waals surface area contributed by atoms with E-state index in [2.05, 4.69) is 9.88 Å². The number of hydrogen-bond donors (Lipinski definition) is 0. The molecule has 1 aromatic carbocycles. The lowest BCUT2D eigenvalue weighted by molar-refractivity contribution is -0.137. The van der Waals surface area contributed by atoms with Gasteiger partial charge in [-0.25, -0.2) is 0 Å². The highest BCUT2D eigenvalue weighted by Crippen LogP contribution is 2.32. The average molecular weight is 418 g/mol. The number of carbonyl (C=O) groups is 1. The van der Waals surface area contributed by atoms with Crippen LogP contribution < -0.4 is 9.80 Å². The highest BCUT2D eigenvalue weighted by Gasteiger charge is 2.33. The minimum atomic E-state index is -4.35. The maximum Gasteiger partial charge on any atom is 0.416 e. The molecule has 160 valence electrons. The van der Waals surface area contributed by atoms with Crippen LogP contribution in [0.5, 0.6) is 0 Å². The Labute approximate surface area is 174 Å². The summed E-state index contributed by atoms with van der Waals surface area (Å²) in [6, 6.07) is 9.37. The number of benzene rings is 1. The van der Waals surface area contributed by atoms with E-state index in [1.165, 1.54) is 12.1 Å². The maximum absolute atomic E-state index is 13.0. The molecule has 0 atom stereocenters. The third kappa shape index (κ3) is 4.52. The van der Waals surface area contributed by atoms with Crippen molar-refractivity contribution in [2.24, 2.45) is 5.92 Å². The van der Waals surface area contributed by atoms with Gasteiger partial charge in [0.1, 0.15) is 0 Å². The number of carbonyl (C=O) groups excluding carboxylic acids is 1. The number of halogens is 3. The molecule has 0 saturated carbocycles. The van der Waals surface area contributed by atoms with Gasteiger partial charge in [0.2, 0.25) is 5.91 Å². The molecule has 2 fully saturated rings. The van der Waals surface area contributed by atoms with E-state index in [1.54, 1.807) is 18.5 Å². The van der Waals surface area contributed by atoms with Gasteiger partial charge in [-0.2, -0.15) is 13.2 Å². The van der Waals surface area contributed by atoms with Gasteiger partial charge < -0.3 is 14.7 Å². The number of piperidine rings is 1. The number of pyridine rings is 1. The highest BCUT2D eigenvalue weighted by molar-refractivity contribution is 5.79. The first-order chi connectivity index (χ1) is 14.4. The number of nitrogens with zero attached hydrogens (tertiary/aromatic N) is 4. The van der Waals surface area contributed by atoms with Crippen molar-refractivity contribution in [3.05, 3.63) is 54.4 Å². The first kappa shape index (κ1) is 20.5. The monoisotopic (exact) mass is 418 g/mol. The number of anilines is 2. The molecular weight excluding hydrogens is 393 g/mol. The number of amides is 1. The van der Waals surface area contributed by atoms with Gasteiger partial charge >= 0.3 is 6.18 Å². The molecule has 30 heavy (non-hydrogen) atoms. The van der Waals surface area contributed by atoms with Gasteiger partial charge in [0.15, 0.2) is 0 Å². The zero-order valence-electron chi connectivity index (χ0n) is 16.7. The molecule has 2 saturated heterocycles. The lowest BCUT2D eigenvalue weighted by atomic mass is 9.94. The fourth-order valence-electron chi connectivity index (χ4n) is 4.26. The summed E-state index contributed by atoms with van der Waals surface area (Å²) in [6.07, 6.45) is 0.829. The minimum Gasteiger partial charge on any atom is -0.371 e. The molecule has 2 aromatic rings. The lowest BCUT2D eigenvalue weighted by Gasteiger charge is -2.39. The van der Waals surface area contributed by atoms with Crippen LogP contribution in [0.1, 0.15) is 18.4 Å². The summed E-state index contributed by atoms with van der Waals surface area (Å²) in [5.41, 5.74) is 1.05. The fraction of sp³-hybridized carbons (Fsp3) is 0.455. The Bertz CT molecular complexity index is 858. The van der Waals surface area contributed by atoms with Crippen LogP contribution in [0.4, 0.5) is 24.5 Å². The first-order valence-electron chi connectivity index (χ1n) is 10.3. The van der Waals surface area contributed by atoms with Crippen molar-refractivity contribution >= 4 is 17.3 Å². The number of aromatic nitrogens is 1. The van der Waals surface area contributed by atoms with E-state index in [9.17, 15) is 18.0 Å². The number of alkyl halides is 3. The summed E-state index contributed by atoms with van der Waals surface area (Å²) in [7, 11) is 0. The Morgan fingerprint density at radius 1 is 0.867 bits per heavy atom. The van der Waals surface area contributed by atoms with Crippen LogP contribution in [0.2, 0.25) is 0 Å². The van der Waals surface area contributed by atoms with Crippen molar-refractivity contribution < 1.29 is 18.0 Å². The smallest absolute Gasteiger partial charge is 0.371 e. The van der Waals surface area contributed by atoms with Gasteiger partial charge in [-0.3, -0.25) is 9.78 Å². The number of hydrogen-bond acceptors (Lipinski definition) is 4. The third-order valence-corrected chi connectivity index (χ3v) is 6.00. The number of rotatable bonds is 3. The SMILES string of the molecule is O=C(C1CCN(c2ccncc2)CC1)N1CCN(c2cccc(C(F)(F)F)c2)CC1. The molecule has 3 heterocycles. The molecule has 0 N–H and O–H groups in total. The predicted octanol–water partition coefficient (Wildman–Crippen LogP) is 3.67. The van der Waals surface area contributed by atoms with Crippen molar-refractivity contribution in [3.8, 4) is 0 Å². The third-order valence-electron chi connectivity index (χ3n) is 6.00. The van der Waals surface area contributed by atoms with Gasteiger partial charge in [0.25, 0.3) is 0 Å². The molecule has 4 rings (SSSR count). The van der Waals surface area contributed by atoms with E-state index < -0.39 is 11.7 Å².